The van der Waals surface area contributed by atoms with Crippen molar-refractivity contribution in [3.8, 4) is 0 Å². The molecule has 1 aromatic heterocycles. The van der Waals surface area contributed by atoms with Crippen molar-refractivity contribution in [3.05, 3.63) is 58.5 Å². The van der Waals surface area contributed by atoms with E-state index in [-0.39, 0.29) is 23.7 Å². The summed E-state index contributed by atoms with van der Waals surface area (Å²) < 4.78 is 18.9. The van der Waals surface area contributed by atoms with E-state index in [1.165, 1.54) is 17.0 Å². The number of carbonyl (C=O) groups is 3. The van der Waals surface area contributed by atoms with Gasteiger partial charge in [-0.2, -0.15) is 0 Å². The zero-order valence-electron chi connectivity index (χ0n) is 23.2. The van der Waals surface area contributed by atoms with Crippen molar-refractivity contribution in [2.75, 3.05) is 12.3 Å². The molecule has 1 aliphatic carbocycles. The number of aryl methyl sites for hydroxylation is 2. The number of halogens is 1. The zero-order chi connectivity index (χ0) is 28.5. The lowest BCUT2D eigenvalue weighted by atomic mass is 9.96. The molecule has 0 radical (unpaired) electrons. The first kappa shape index (κ1) is 28.3. The molecular formula is C29H38FN5O4. The number of amides is 3. The Kier molecular flexibility index (Phi) is 8.13. The van der Waals surface area contributed by atoms with Crippen molar-refractivity contribution < 1.29 is 23.5 Å². The Morgan fingerprint density at radius 2 is 1.92 bits per heavy atom. The van der Waals surface area contributed by atoms with E-state index in [2.05, 4.69) is 15.6 Å². The molecule has 1 aliphatic heterocycles. The lowest BCUT2D eigenvalue weighted by molar-refractivity contribution is -0.131. The average molecular weight is 540 g/mol. The normalized spacial score (nSPS) is 21.3. The topological polar surface area (TPSA) is 127 Å². The van der Waals surface area contributed by atoms with Gasteiger partial charge in [-0.1, -0.05) is 12.1 Å². The molecule has 39 heavy (non-hydrogen) atoms. The highest BCUT2D eigenvalue weighted by atomic mass is 19.1. The number of rotatable bonds is 6. The molecule has 0 spiro atoms. The van der Waals surface area contributed by atoms with Gasteiger partial charge in [0, 0.05) is 12.2 Å². The van der Waals surface area contributed by atoms with Crippen molar-refractivity contribution in [1.29, 1.82) is 0 Å². The lowest BCUT2D eigenvalue weighted by Crippen LogP contribution is -2.52. The third-order valence-corrected chi connectivity index (χ3v) is 7.23. The molecule has 4 N–H and O–H groups in total. The number of hydrogen-bond donors (Lipinski definition) is 3. The van der Waals surface area contributed by atoms with Gasteiger partial charge in [0.25, 0.3) is 0 Å². The van der Waals surface area contributed by atoms with Gasteiger partial charge < -0.3 is 21.1 Å². The van der Waals surface area contributed by atoms with Crippen molar-refractivity contribution >= 4 is 23.7 Å². The first-order chi connectivity index (χ1) is 18.3. The predicted octanol–water partition coefficient (Wildman–Crippen LogP) is 3.59. The Morgan fingerprint density at radius 3 is 2.59 bits per heavy atom. The van der Waals surface area contributed by atoms with Gasteiger partial charge in [-0.25, -0.2) is 14.2 Å². The van der Waals surface area contributed by atoms with E-state index >= 15 is 0 Å². The number of nitrogens with zero attached hydrogens (tertiary/aromatic N) is 2. The number of anilines is 1. The number of benzene rings is 1. The van der Waals surface area contributed by atoms with Crippen LogP contribution in [-0.4, -0.2) is 52.0 Å². The Bertz CT molecular complexity index is 1240. The Labute approximate surface area is 228 Å². The molecule has 1 fully saturated rings. The lowest BCUT2D eigenvalue weighted by Gasteiger charge is -2.28. The second-order valence-electron chi connectivity index (χ2n) is 11.6. The van der Waals surface area contributed by atoms with Crippen LogP contribution >= 0.6 is 0 Å². The molecule has 210 valence electrons. The minimum Gasteiger partial charge on any atom is -0.444 e. The first-order valence-electron chi connectivity index (χ1n) is 13.4. The number of aromatic nitrogens is 1. The van der Waals surface area contributed by atoms with Crippen molar-refractivity contribution in [3.63, 3.8) is 0 Å². The van der Waals surface area contributed by atoms with Crippen LogP contribution in [-0.2, 0) is 27.2 Å². The van der Waals surface area contributed by atoms with Crippen LogP contribution in [0.25, 0.3) is 0 Å². The Balaban J connectivity index is 1.42. The number of pyridine rings is 1. The van der Waals surface area contributed by atoms with E-state index in [9.17, 15) is 18.8 Å². The average Bonchev–Trinajstić information content (AvgIpc) is 3.44. The standard InChI is InChI=1S/C29H38FN5O4/c1-16-12-21-22(33-25(16)31)10-11-23(21)34-26(36)17(2)32-27(37)24-14-19(13-18-6-8-20(30)9-7-18)15-35(24)28(38)39-29(3,4)5/h6-9,12,17,19,23-24H,10-11,13-15H2,1-5H3,(H2,31,33)(H,32,37)(H,34,36)/t17-,19-,23?,24?/m0/s1. The number of likely N-dealkylation sites (tertiary alicyclic amines) is 1. The summed E-state index contributed by atoms with van der Waals surface area (Å²) in [6.07, 6.45) is 1.83. The van der Waals surface area contributed by atoms with Crippen LogP contribution in [0.1, 0.15) is 69.0 Å². The first-order valence-corrected chi connectivity index (χ1v) is 13.4. The van der Waals surface area contributed by atoms with Gasteiger partial charge in [-0.3, -0.25) is 14.5 Å². The van der Waals surface area contributed by atoms with Gasteiger partial charge >= 0.3 is 6.09 Å². The van der Waals surface area contributed by atoms with Gasteiger partial charge in [0.1, 0.15) is 29.3 Å². The molecule has 4 rings (SSSR count). The highest BCUT2D eigenvalue weighted by Crippen LogP contribution is 2.32. The summed E-state index contributed by atoms with van der Waals surface area (Å²) in [5, 5.41) is 5.81. The molecule has 2 heterocycles. The quantitative estimate of drug-likeness (QED) is 0.515. The highest BCUT2D eigenvalue weighted by Gasteiger charge is 2.42. The molecule has 3 amide bonds. The molecule has 10 heteroatoms. The SMILES string of the molecule is Cc1cc2c(nc1N)CCC2NC(=O)[C@H](C)NC(=O)C1C[C@H](Cc2ccc(F)cc2)CN1C(=O)OC(C)(C)C. The molecule has 2 unspecified atom stereocenters. The van der Waals surface area contributed by atoms with Crippen molar-refractivity contribution in [1.82, 2.24) is 20.5 Å². The summed E-state index contributed by atoms with van der Waals surface area (Å²) in [6, 6.07) is 6.36. The number of nitrogens with two attached hydrogens (primary N) is 1. The monoisotopic (exact) mass is 539 g/mol. The second kappa shape index (κ2) is 11.2. The van der Waals surface area contributed by atoms with Crippen LogP contribution in [0.15, 0.2) is 30.3 Å². The van der Waals surface area contributed by atoms with Gasteiger partial charge in [0.2, 0.25) is 11.8 Å². The van der Waals surface area contributed by atoms with E-state index in [4.69, 9.17) is 10.5 Å². The number of ether oxygens (including phenoxy) is 1. The number of nitrogens with one attached hydrogen (secondary N) is 2. The van der Waals surface area contributed by atoms with E-state index in [1.54, 1.807) is 39.8 Å². The van der Waals surface area contributed by atoms with Gasteiger partial charge in [-0.05, 0) is 101 Å². The van der Waals surface area contributed by atoms with Crippen LogP contribution in [0.5, 0.6) is 0 Å². The van der Waals surface area contributed by atoms with Crippen LogP contribution < -0.4 is 16.4 Å². The molecule has 9 nitrogen and oxygen atoms in total. The maximum atomic E-state index is 13.4. The predicted molar refractivity (Wildman–Crippen MR) is 145 cm³/mol. The molecule has 4 atom stereocenters. The fourth-order valence-electron chi connectivity index (χ4n) is 5.24. The summed E-state index contributed by atoms with van der Waals surface area (Å²) in [4.78, 5) is 45.3. The molecular weight excluding hydrogens is 501 g/mol. The molecule has 2 aromatic rings. The van der Waals surface area contributed by atoms with Crippen molar-refractivity contribution in [2.45, 2.75) is 84.0 Å². The Morgan fingerprint density at radius 1 is 1.23 bits per heavy atom. The van der Waals surface area contributed by atoms with E-state index in [1.807, 2.05) is 13.0 Å². The molecule has 0 saturated carbocycles. The molecule has 2 aliphatic rings. The van der Waals surface area contributed by atoms with Crippen molar-refractivity contribution in [2.24, 2.45) is 5.92 Å². The molecule has 1 aromatic carbocycles. The summed E-state index contributed by atoms with van der Waals surface area (Å²) in [6.45, 7) is 9.13. The summed E-state index contributed by atoms with van der Waals surface area (Å²) >= 11 is 0. The van der Waals surface area contributed by atoms with E-state index in [0.29, 0.717) is 38.0 Å². The highest BCUT2D eigenvalue weighted by molar-refractivity contribution is 5.91. The number of fused-ring (bicyclic) bond motifs is 1. The largest absolute Gasteiger partial charge is 0.444 e. The Hall–Kier alpha value is -3.69. The molecule has 1 saturated heterocycles. The minimum atomic E-state index is -0.818. The summed E-state index contributed by atoms with van der Waals surface area (Å²) in [5.41, 5.74) is 8.81. The summed E-state index contributed by atoms with van der Waals surface area (Å²) in [7, 11) is 0. The molecule has 0 bridgehead atoms. The van der Waals surface area contributed by atoms with Gasteiger partial charge in [0.05, 0.1) is 6.04 Å². The van der Waals surface area contributed by atoms with E-state index in [0.717, 1.165) is 22.4 Å². The van der Waals surface area contributed by atoms with Gasteiger partial charge in [-0.15, -0.1) is 0 Å². The van der Waals surface area contributed by atoms with Crippen LogP contribution in [0.3, 0.4) is 0 Å². The maximum Gasteiger partial charge on any atom is 0.410 e. The maximum absolute atomic E-state index is 13.4. The smallest absolute Gasteiger partial charge is 0.410 e. The number of nitrogen functional groups attached to an aromatic ring is 1. The third kappa shape index (κ3) is 6.85. The summed E-state index contributed by atoms with van der Waals surface area (Å²) in [5.74, 6) is -0.588. The van der Waals surface area contributed by atoms with Crippen LogP contribution in [0, 0.1) is 18.7 Å². The second-order valence-corrected chi connectivity index (χ2v) is 11.6. The minimum absolute atomic E-state index is 0.0268. The van der Waals surface area contributed by atoms with E-state index < -0.39 is 29.7 Å². The van der Waals surface area contributed by atoms with Crippen LogP contribution in [0.4, 0.5) is 15.0 Å². The zero-order valence-corrected chi connectivity index (χ0v) is 23.2. The van der Waals surface area contributed by atoms with Crippen LogP contribution in [0.2, 0.25) is 0 Å². The fraction of sp³-hybridized carbons (Fsp3) is 0.517. The van der Waals surface area contributed by atoms with Gasteiger partial charge in [0.15, 0.2) is 0 Å². The fourth-order valence-corrected chi connectivity index (χ4v) is 5.24. The number of carbonyl (C=O) groups excluding carboxylic acids is 3. The number of hydrogen-bond acceptors (Lipinski definition) is 6. The third-order valence-electron chi connectivity index (χ3n) is 7.23.